The normalized spacial score (nSPS) is 10.0. The van der Waals surface area contributed by atoms with Crippen LogP contribution < -0.4 is 5.32 Å². The van der Waals surface area contributed by atoms with E-state index in [1.165, 1.54) is 0 Å². The highest BCUT2D eigenvalue weighted by Gasteiger charge is 2.09. The maximum absolute atomic E-state index is 11.2. The zero-order chi connectivity index (χ0) is 12.3. The molecule has 0 aliphatic carbocycles. The molecule has 0 spiro atoms. The second-order valence-corrected chi connectivity index (χ2v) is 4.08. The molecule has 0 amide bonds. The number of halogens is 2. The Bertz CT molecular complexity index is 540. The van der Waals surface area contributed by atoms with Gasteiger partial charge < -0.3 is 5.32 Å². The molecule has 0 aliphatic rings. The van der Waals surface area contributed by atoms with E-state index >= 15 is 0 Å². The highest BCUT2D eigenvalue weighted by atomic mass is 35.5. The minimum atomic E-state index is -0.547. The number of benzene rings is 1. The van der Waals surface area contributed by atoms with Gasteiger partial charge in [0.25, 0.3) is 5.24 Å². The third kappa shape index (κ3) is 2.96. The number of rotatable bonds is 3. The smallest absolute Gasteiger partial charge is 0.256 e. The lowest BCUT2D eigenvalue weighted by Crippen LogP contribution is -2.00. The fourth-order valence-corrected chi connectivity index (χ4v) is 1.61. The SMILES string of the molecule is O=C(Cl)c1cccnc1Nc1ccc(Cl)cc1. The summed E-state index contributed by atoms with van der Waals surface area (Å²) >= 11 is 11.2. The Kier molecular flexibility index (Phi) is 3.61. The molecular weight excluding hydrogens is 259 g/mol. The molecule has 17 heavy (non-hydrogen) atoms. The van der Waals surface area contributed by atoms with Gasteiger partial charge >= 0.3 is 0 Å². The van der Waals surface area contributed by atoms with Crippen LogP contribution in [0.25, 0.3) is 0 Å². The van der Waals surface area contributed by atoms with Gasteiger partial charge in [0.05, 0.1) is 5.56 Å². The molecule has 86 valence electrons. The number of hydrogen-bond donors (Lipinski definition) is 1. The summed E-state index contributed by atoms with van der Waals surface area (Å²) in [6.07, 6.45) is 1.58. The third-order valence-corrected chi connectivity index (χ3v) is 2.58. The number of aromatic nitrogens is 1. The second kappa shape index (κ2) is 5.17. The number of anilines is 2. The predicted molar refractivity (Wildman–Crippen MR) is 69.2 cm³/mol. The highest BCUT2D eigenvalue weighted by molar-refractivity contribution is 6.68. The maximum atomic E-state index is 11.2. The topological polar surface area (TPSA) is 42.0 Å². The van der Waals surface area contributed by atoms with Crippen LogP contribution in [0.2, 0.25) is 5.02 Å². The van der Waals surface area contributed by atoms with Crippen LogP contribution in [0.4, 0.5) is 11.5 Å². The number of carbonyl (C=O) groups excluding carboxylic acids is 1. The zero-order valence-electron chi connectivity index (χ0n) is 8.65. The van der Waals surface area contributed by atoms with Gasteiger partial charge in [-0.05, 0) is 48.0 Å². The van der Waals surface area contributed by atoms with Gasteiger partial charge in [0, 0.05) is 16.9 Å². The van der Waals surface area contributed by atoms with Gasteiger partial charge in [0.1, 0.15) is 5.82 Å². The summed E-state index contributed by atoms with van der Waals surface area (Å²) < 4.78 is 0. The van der Waals surface area contributed by atoms with Crippen molar-refractivity contribution >= 4 is 39.9 Å². The summed E-state index contributed by atoms with van der Waals surface area (Å²) in [6.45, 7) is 0. The average molecular weight is 267 g/mol. The number of carbonyl (C=O) groups is 1. The van der Waals surface area contributed by atoms with Gasteiger partial charge in [0.2, 0.25) is 0 Å². The Balaban J connectivity index is 2.30. The van der Waals surface area contributed by atoms with Crippen LogP contribution in [0.5, 0.6) is 0 Å². The van der Waals surface area contributed by atoms with E-state index in [1.807, 2.05) is 0 Å². The highest BCUT2D eigenvalue weighted by Crippen LogP contribution is 2.21. The lowest BCUT2D eigenvalue weighted by molar-refractivity contribution is 0.108. The minimum absolute atomic E-state index is 0.337. The Morgan fingerprint density at radius 1 is 1.18 bits per heavy atom. The molecule has 2 aromatic rings. The fourth-order valence-electron chi connectivity index (χ4n) is 1.33. The van der Waals surface area contributed by atoms with Crippen molar-refractivity contribution < 1.29 is 4.79 Å². The van der Waals surface area contributed by atoms with Gasteiger partial charge in [0.15, 0.2) is 0 Å². The van der Waals surface area contributed by atoms with Crippen molar-refractivity contribution in [3.8, 4) is 0 Å². The summed E-state index contributed by atoms with van der Waals surface area (Å²) in [6, 6.07) is 10.3. The first-order valence-corrected chi connectivity index (χ1v) is 5.60. The number of pyridine rings is 1. The van der Waals surface area contributed by atoms with Crippen molar-refractivity contribution in [2.75, 3.05) is 5.32 Å². The van der Waals surface area contributed by atoms with Crippen molar-refractivity contribution in [3.05, 3.63) is 53.2 Å². The molecule has 0 aliphatic heterocycles. The molecule has 2 rings (SSSR count). The molecule has 0 bridgehead atoms. The summed E-state index contributed by atoms with van der Waals surface area (Å²) in [5.74, 6) is 0.426. The lowest BCUT2D eigenvalue weighted by atomic mass is 10.2. The first kappa shape index (κ1) is 11.9. The van der Waals surface area contributed by atoms with Crippen LogP contribution in [0.3, 0.4) is 0 Å². The maximum Gasteiger partial charge on any atom is 0.256 e. The predicted octanol–water partition coefficient (Wildman–Crippen LogP) is 3.86. The van der Waals surface area contributed by atoms with Crippen molar-refractivity contribution in [2.24, 2.45) is 0 Å². The molecule has 1 heterocycles. The summed E-state index contributed by atoms with van der Waals surface area (Å²) in [5.41, 5.74) is 1.12. The molecule has 0 saturated heterocycles. The standard InChI is InChI=1S/C12H8Cl2N2O/c13-8-3-5-9(6-4-8)16-12-10(11(14)17)2-1-7-15-12/h1-7H,(H,15,16). The largest absolute Gasteiger partial charge is 0.340 e. The molecule has 0 radical (unpaired) electrons. The molecule has 0 saturated carbocycles. The van der Waals surface area contributed by atoms with Gasteiger partial charge in [-0.25, -0.2) is 4.98 Å². The van der Waals surface area contributed by atoms with E-state index in [4.69, 9.17) is 23.2 Å². The first-order chi connectivity index (χ1) is 8.16. The molecule has 5 heteroatoms. The van der Waals surface area contributed by atoms with Gasteiger partial charge in [-0.1, -0.05) is 11.6 Å². The fraction of sp³-hybridized carbons (Fsp3) is 0. The van der Waals surface area contributed by atoms with Crippen molar-refractivity contribution in [3.63, 3.8) is 0 Å². The quantitative estimate of drug-likeness (QED) is 0.858. The first-order valence-electron chi connectivity index (χ1n) is 4.84. The summed E-state index contributed by atoms with van der Waals surface area (Å²) in [7, 11) is 0. The van der Waals surface area contributed by atoms with Crippen LogP contribution in [0, 0.1) is 0 Å². The molecule has 0 atom stereocenters. The number of nitrogens with one attached hydrogen (secondary N) is 1. The van der Waals surface area contributed by atoms with E-state index in [0.29, 0.717) is 16.4 Å². The van der Waals surface area contributed by atoms with Crippen molar-refractivity contribution in [2.45, 2.75) is 0 Å². The average Bonchev–Trinajstić information content (AvgIpc) is 2.32. The second-order valence-electron chi connectivity index (χ2n) is 3.31. The van der Waals surface area contributed by atoms with E-state index < -0.39 is 5.24 Å². The van der Waals surface area contributed by atoms with E-state index in [9.17, 15) is 4.79 Å². The van der Waals surface area contributed by atoms with Crippen LogP contribution in [0.15, 0.2) is 42.6 Å². The molecule has 0 fully saturated rings. The van der Waals surface area contributed by atoms with Crippen LogP contribution >= 0.6 is 23.2 Å². The van der Waals surface area contributed by atoms with E-state index in [2.05, 4.69) is 10.3 Å². The Morgan fingerprint density at radius 2 is 1.88 bits per heavy atom. The van der Waals surface area contributed by atoms with Crippen molar-refractivity contribution in [1.29, 1.82) is 0 Å². The van der Waals surface area contributed by atoms with Crippen LogP contribution in [-0.2, 0) is 0 Å². The Morgan fingerprint density at radius 3 is 2.53 bits per heavy atom. The van der Waals surface area contributed by atoms with Crippen LogP contribution in [0.1, 0.15) is 10.4 Å². The molecule has 0 unspecified atom stereocenters. The molecule has 1 aromatic carbocycles. The molecule has 1 N–H and O–H groups in total. The van der Waals surface area contributed by atoms with E-state index in [0.717, 1.165) is 5.69 Å². The third-order valence-electron chi connectivity index (χ3n) is 2.13. The van der Waals surface area contributed by atoms with Gasteiger partial charge in [-0.3, -0.25) is 4.79 Å². The summed E-state index contributed by atoms with van der Waals surface area (Å²) in [5, 5.41) is 3.10. The molecular formula is C12H8Cl2N2O. The minimum Gasteiger partial charge on any atom is -0.340 e. The van der Waals surface area contributed by atoms with Gasteiger partial charge in [-0.15, -0.1) is 0 Å². The Hall–Kier alpha value is -1.58. The van der Waals surface area contributed by atoms with E-state index in [1.54, 1.807) is 42.6 Å². The lowest BCUT2D eigenvalue weighted by Gasteiger charge is -2.08. The van der Waals surface area contributed by atoms with Crippen molar-refractivity contribution in [1.82, 2.24) is 4.98 Å². The zero-order valence-corrected chi connectivity index (χ0v) is 10.2. The monoisotopic (exact) mass is 266 g/mol. The molecule has 3 nitrogen and oxygen atoms in total. The van der Waals surface area contributed by atoms with E-state index in [-0.39, 0.29) is 0 Å². The number of nitrogens with zero attached hydrogens (tertiary/aromatic N) is 1. The molecule has 1 aromatic heterocycles. The summed E-state index contributed by atoms with van der Waals surface area (Å²) in [4.78, 5) is 15.2. The van der Waals surface area contributed by atoms with Crippen LogP contribution in [-0.4, -0.2) is 10.2 Å². The number of hydrogen-bond acceptors (Lipinski definition) is 3. The van der Waals surface area contributed by atoms with Gasteiger partial charge in [-0.2, -0.15) is 0 Å². The Labute approximate surface area is 108 Å².